The van der Waals surface area contributed by atoms with Crippen LogP contribution in [0.25, 0.3) is 0 Å². The van der Waals surface area contributed by atoms with Crippen molar-refractivity contribution in [3.63, 3.8) is 0 Å². The molecule has 0 bridgehead atoms. The molecule has 2 nitrogen and oxygen atoms in total. The van der Waals surface area contributed by atoms with Crippen molar-refractivity contribution in [3.05, 3.63) is 44.6 Å². The number of aryl methyl sites for hydroxylation is 2. The van der Waals surface area contributed by atoms with Gasteiger partial charge in [-0.25, -0.2) is 0 Å². The third kappa shape index (κ3) is 3.28. The summed E-state index contributed by atoms with van der Waals surface area (Å²) < 4.78 is 0. The van der Waals surface area contributed by atoms with Crippen LogP contribution in [0.5, 0.6) is 0 Å². The number of hydrogen-bond donors (Lipinski definition) is 1. The normalized spacial score (nSPS) is 12.3. The molecule has 0 radical (unpaired) electrons. The van der Waals surface area contributed by atoms with Gasteiger partial charge >= 0.3 is 0 Å². The summed E-state index contributed by atoms with van der Waals surface area (Å²) >= 11 is 8.15. The molecule has 4 heteroatoms. The Bertz CT molecular complexity index is 605. The average molecular weight is 309 g/mol. The first-order chi connectivity index (χ1) is 9.38. The van der Waals surface area contributed by atoms with Gasteiger partial charge in [-0.15, -0.1) is 11.3 Å². The molecule has 0 aliphatic carbocycles. The van der Waals surface area contributed by atoms with E-state index in [0.29, 0.717) is 0 Å². The van der Waals surface area contributed by atoms with Crippen LogP contribution in [0.1, 0.15) is 28.3 Å². The molecule has 0 amide bonds. The molecule has 0 spiro atoms. The maximum atomic E-state index is 6.31. The highest BCUT2D eigenvalue weighted by molar-refractivity contribution is 7.12. The number of nitrogens with one attached hydrogen (secondary N) is 1. The second kappa shape index (κ2) is 6.06. The minimum absolute atomic E-state index is 0.279. The highest BCUT2D eigenvalue weighted by atomic mass is 35.5. The van der Waals surface area contributed by atoms with Crippen molar-refractivity contribution in [1.82, 2.24) is 0 Å². The van der Waals surface area contributed by atoms with E-state index in [4.69, 9.17) is 11.6 Å². The van der Waals surface area contributed by atoms with E-state index in [0.717, 1.165) is 16.4 Å². The first kappa shape index (κ1) is 15.2. The predicted molar refractivity (Wildman–Crippen MR) is 91.6 cm³/mol. The van der Waals surface area contributed by atoms with E-state index in [1.165, 1.54) is 15.3 Å². The highest BCUT2D eigenvalue weighted by Gasteiger charge is 2.12. The fraction of sp³-hybridized carbons (Fsp3) is 0.375. The van der Waals surface area contributed by atoms with Crippen LogP contribution in [0.4, 0.5) is 11.4 Å². The summed E-state index contributed by atoms with van der Waals surface area (Å²) in [5, 5.41) is 4.29. The standard InChI is InChI=1S/C16H21ClN2S/c1-10-8-14(12(3)20-10)11(2)18-13-6-7-16(19(4)5)15(17)9-13/h6-9,11,18H,1-5H3. The van der Waals surface area contributed by atoms with Crippen molar-refractivity contribution in [3.8, 4) is 0 Å². The van der Waals surface area contributed by atoms with Crippen LogP contribution in [0, 0.1) is 13.8 Å². The molecular weight excluding hydrogens is 288 g/mol. The Hall–Kier alpha value is -1.19. The summed E-state index contributed by atoms with van der Waals surface area (Å²) in [6.07, 6.45) is 0. The molecule has 1 aromatic carbocycles. The molecule has 1 heterocycles. The summed E-state index contributed by atoms with van der Waals surface area (Å²) in [5.41, 5.74) is 3.45. The van der Waals surface area contributed by atoms with Crippen LogP contribution in [-0.2, 0) is 0 Å². The number of nitrogens with zero attached hydrogens (tertiary/aromatic N) is 1. The molecule has 0 fully saturated rings. The van der Waals surface area contributed by atoms with Crippen molar-refractivity contribution in [2.24, 2.45) is 0 Å². The maximum absolute atomic E-state index is 6.31. The lowest BCUT2D eigenvalue weighted by Gasteiger charge is -2.18. The van der Waals surface area contributed by atoms with Gasteiger partial charge in [-0.2, -0.15) is 0 Å². The van der Waals surface area contributed by atoms with E-state index in [9.17, 15) is 0 Å². The van der Waals surface area contributed by atoms with Gasteiger partial charge in [0.1, 0.15) is 0 Å². The Morgan fingerprint density at radius 3 is 2.40 bits per heavy atom. The van der Waals surface area contributed by atoms with Gasteiger partial charge in [0.2, 0.25) is 0 Å². The first-order valence-electron chi connectivity index (χ1n) is 6.69. The van der Waals surface area contributed by atoms with E-state index in [1.807, 2.05) is 42.5 Å². The van der Waals surface area contributed by atoms with E-state index in [2.05, 4.69) is 38.2 Å². The molecule has 1 aromatic heterocycles. The van der Waals surface area contributed by atoms with E-state index in [1.54, 1.807) is 0 Å². The predicted octanol–water partition coefficient (Wildman–Crippen LogP) is 5.26. The second-order valence-electron chi connectivity index (χ2n) is 5.30. The minimum atomic E-state index is 0.279. The van der Waals surface area contributed by atoms with Gasteiger partial charge in [-0.3, -0.25) is 0 Å². The van der Waals surface area contributed by atoms with Crippen LogP contribution >= 0.6 is 22.9 Å². The van der Waals surface area contributed by atoms with Crippen molar-refractivity contribution < 1.29 is 0 Å². The Balaban J connectivity index is 2.18. The third-order valence-corrected chi connectivity index (χ3v) is 4.64. The van der Waals surface area contributed by atoms with Crippen molar-refractivity contribution in [1.29, 1.82) is 0 Å². The molecule has 2 aromatic rings. The molecular formula is C16H21ClN2S. The average Bonchev–Trinajstić information content (AvgIpc) is 2.68. The van der Waals surface area contributed by atoms with Crippen LogP contribution in [0.15, 0.2) is 24.3 Å². The van der Waals surface area contributed by atoms with Crippen molar-refractivity contribution in [2.45, 2.75) is 26.8 Å². The number of thiophene rings is 1. The second-order valence-corrected chi connectivity index (χ2v) is 7.16. The van der Waals surface area contributed by atoms with Crippen LogP contribution in [-0.4, -0.2) is 14.1 Å². The summed E-state index contributed by atoms with van der Waals surface area (Å²) in [7, 11) is 3.99. The molecule has 1 unspecified atom stereocenters. The Kier molecular flexibility index (Phi) is 4.61. The minimum Gasteiger partial charge on any atom is -0.378 e. The smallest absolute Gasteiger partial charge is 0.0659 e. The van der Waals surface area contributed by atoms with Gasteiger partial charge in [0.15, 0.2) is 0 Å². The molecule has 1 N–H and O–H groups in total. The highest BCUT2D eigenvalue weighted by Crippen LogP contribution is 2.31. The van der Waals surface area contributed by atoms with Crippen LogP contribution < -0.4 is 10.2 Å². The monoisotopic (exact) mass is 308 g/mol. The third-order valence-electron chi connectivity index (χ3n) is 3.36. The number of anilines is 2. The number of rotatable bonds is 4. The Morgan fingerprint density at radius 1 is 1.20 bits per heavy atom. The quantitative estimate of drug-likeness (QED) is 0.829. The lowest BCUT2D eigenvalue weighted by molar-refractivity contribution is 0.881. The van der Waals surface area contributed by atoms with E-state index < -0.39 is 0 Å². The van der Waals surface area contributed by atoms with E-state index in [-0.39, 0.29) is 6.04 Å². The summed E-state index contributed by atoms with van der Waals surface area (Å²) in [6.45, 7) is 6.51. The van der Waals surface area contributed by atoms with Gasteiger partial charge in [0, 0.05) is 35.6 Å². The molecule has 20 heavy (non-hydrogen) atoms. The molecule has 0 saturated carbocycles. The molecule has 2 rings (SSSR count). The first-order valence-corrected chi connectivity index (χ1v) is 7.88. The number of halogens is 1. The maximum Gasteiger partial charge on any atom is 0.0659 e. The van der Waals surface area contributed by atoms with Gasteiger partial charge < -0.3 is 10.2 Å². The summed E-state index contributed by atoms with van der Waals surface area (Å²) in [6, 6.07) is 8.64. The fourth-order valence-corrected chi connectivity index (χ4v) is 3.74. The molecule has 0 saturated heterocycles. The summed E-state index contributed by atoms with van der Waals surface area (Å²) in [5.74, 6) is 0. The molecule has 0 aliphatic rings. The fourth-order valence-electron chi connectivity index (χ4n) is 2.37. The summed E-state index contributed by atoms with van der Waals surface area (Å²) in [4.78, 5) is 4.74. The molecule has 1 atom stereocenters. The molecule has 0 aliphatic heterocycles. The van der Waals surface area contributed by atoms with Crippen LogP contribution in [0.3, 0.4) is 0 Å². The topological polar surface area (TPSA) is 15.3 Å². The zero-order valence-corrected chi connectivity index (χ0v) is 14.2. The lowest BCUT2D eigenvalue weighted by atomic mass is 10.1. The number of hydrogen-bond acceptors (Lipinski definition) is 3. The molecule has 108 valence electrons. The van der Waals surface area contributed by atoms with Gasteiger partial charge in [0.05, 0.1) is 10.7 Å². The zero-order chi connectivity index (χ0) is 14.9. The largest absolute Gasteiger partial charge is 0.378 e. The SMILES string of the molecule is Cc1cc(C(C)Nc2ccc(N(C)C)c(Cl)c2)c(C)s1. The van der Waals surface area contributed by atoms with Crippen molar-refractivity contribution >= 4 is 34.3 Å². The number of benzene rings is 1. The zero-order valence-electron chi connectivity index (χ0n) is 12.6. The van der Waals surface area contributed by atoms with Gasteiger partial charge in [-0.05, 0) is 50.6 Å². The van der Waals surface area contributed by atoms with Crippen molar-refractivity contribution in [2.75, 3.05) is 24.3 Å². The lowest BCUT2D eigenvalue weighted by Crippen LogP contribution is -2.10. The van der Waals surface area contributed by atoms with Gasteiger partial charge in [-0.1, -0.05) is 11.6 Å². The van der Waals surface area contributed by atoms with Crippen LogP contribution in [0.2, 0.25) is 5.02 Å². The Labute approximate surface area is 130 Å². The Morgan fingerprint density at radius 2 is 1.90 bits per heavy atom. The van der Waals surface area contributed by atoms with E-state index >= 15 is 0 Å². The van der Waals surface area contributed by atoms with Gasteiger partial charge in [0.25, 0.3) is 0 Å².